The number of rotatable bonds is 1. The van der Waals surface area contributed by atoms with Gasteiger partial charge in [0.15, 0.2) is 0 Å². The van der Waals surface area contributed by atoms with Crippen LogP contribution in [0.25, 0.3) is 0 Å². The molecule has 1 saturated carbocycles. The van der Waals surface area contributed by atoms with Gasteiger partial charge in [0, 0.05) is 10.6 Å². The monoisotopic (exact) mass is 195 g/mol. The average molecular weight is 196 g/mol. The fourth-order valence-electron chi connectivity index (χ4n) is 2.01. The maximum atomic E-state index is 6.23. The summed E-state index contributed by atoms with van der Waals surface area (Å²) in [5.41, 5.74) is 8.66. The molecule has 2 rings (SSSR count). The zero-order chi connectivity index (χ0) is 9.47. The van der Waals surface area contributed by atoms with Crippen molar-refractivity contribution in [2.45, 2.75) is 31.7 Å². The lowest BCUT2D eigenvalue weighted by molar-refractivity contribution is 0.252. The topological polar surface area (TPSA) is 26.0 Å². The average Bonchev–Trinajstić information content (AvgIpc) is 2.00. The Bertz CT molecular complexity index is 329. The van der Waals surface area contributed by atoms with Crippen LogP contribution in [0.2, 0.25) is 5.02 Å². The lowest BCUT2D eigenvalue weighted by Crippen LogP contribution is -2.43. The van der Waals surface area contributed by atoms with Gasteiger partial charge in [-0.3, -0.25) is 0 Å². The fourth-order valence-corrected chi connectivity index (χ4v) is 2.24. The molecular formula is C11H14ClN. The van der Waals surface area contributed by atoms with Gasteiger partial charge in [-0.25, -0.2) is 0 Å². The second kappa shape index (κ2) is 3.00. The molecule has 1 fully saturated rings. The van der Waals surface area contributed by atoms with Crippen LogP contribution in [0.3, 0.4) is 0 Å². The van der Waals surface area contributed by atoms with Gasteiger partial charge in [0.2, 0.25) is 0 Å². The van der Waals surface area contributed by atoms with Crippen molar-refractivity contribution in [1.29, 1.82) is 0 Å². The summed E-state index contributed by atoms with van der Waals surface area (Å²) < 4.78 is 0. The van der Waals surface area contributed by atoms with Gasteiger partial charge in [-0.1, -0.05) is 17.7 Å². The maximum absolute atomic E-state index is 6.23. The van der Waals surface area contributed by atoms with Crippen LogP contribution in [-0.2, 0) is 5.54 Å². The number of hydrogen-bond donors (Lipinski definition) is 1. The molecule has 70 valence electrons. The molecule has 1 aromatic carbocycles. The molecule has 1 aliphatic rings. The molecule has 1 aliphatic carbocycles. The highest BCUT2D eigenvalue weighted by Gasteiger charge is 2.35. The summed E-state index contributed by atoms with van der Waals surface area (Å²) in [4.78, 5) is 0. The third-order valence-corrected chi connectivity index (χ3v) is 3.21. The van der Waals surface area contributed by atoms with E-state index >= 15 is 0 Å². The highest BCUT2D eigenvalue weighted by molar-refractivity contribution is 6.30. The zero-order valence-electron chi connectivity index (χ0n) is 7.81. The van der Waals surface area contributed by atoms with E-state index in [1.165, 1.54) is 17.5 Å². The van der Waals surface area contributed by atoms with Gasteiger partial charge in [0.05, 0.1) is 0 Å². The molecule has 2 N–H and O–H groups in total. The molecule has 13 heavy (non-hydrogen) atoms. The minimum absolute atomic E-state index is 0.0608. The maximum Gasteiger partial charge on any atom is 0.0412 e. The largest absolute Gasteiger partial charge is 0.321 e. The first-order chi connectivity index (χ1) is 6.12. The smallest absolute Gasteiger partial charge is 0.0412 e. The minimum Gasteiger partial charge on any atom is -0.321 e. The van der Waals surface area contributed by atoms with Crippen LogP contribution in [0.5, 0.6) is 0 Å². The second-order valence-electron chi connectivity index (χ2n) is 3.97. The summed E-state index contributed by atoms with van der Waals surface area (Å²) in [5, 5.41) is 0.796. The zero-order valence-corrected chi connectivity index (χ0v) is 8.56. The number of nitrogens with two attached hydrogens (primary N) is 1. The quantitative estimate of drug-likeness (QED) is 0.733. The van der Waals surface area contributed by atoms with Crippen LogP contribution >= 0.6 is 11.6 Å². The van der Waals surface area contributed by atoms with Gasteiger partial charge < -0.3 is 5.73 Å². The number of benzene rings is 1. The van der Waals surface area contributed by atoms with E-state index < -0.39 is 0 Å². The van der Waals surface area contributed by atoms with Crippen LogP contribution in [0, 0.1) is 6.92 Å². The Morgan fingerprint density at radius 3 is 2.54 bits per heavy atom. The van der Waals surface area contributed by atoms with E-state index in [4.69, 9.17) is 17.3 Å². The van der Waals surface area contributed by atoms with Crippen LogP contribution in [0.1, 0.15) is 30.4 Å². The first-order valence-corrected chi connectivity index (χ1v) is 5.05. The van der Waals surface area contributed by atoms with Crippen molar-refractivity contribution in [2.24, 2.45) is 5.73 Å². The first kappa shape index (κ1) is 9.04. The van der Waals surface area contributed by atoms with Crippen LogP contribution in [0.4, 0.5) is 0 Å². The molecule has 0 atom stereocenters. The fraction of sp³-hybridized carbons (Fsp3) is 0.455. The molecule has 1 nitrogen and oxygen atoms in total. The SMILES string of the molecule is Cc1cc(Cl)ccc1C1(N)CCC1. The number of aryl methyl sites for hydroxylation is 1. The normalized spacial score (nSPS) is 19.6. The standard InChI is InChI=1S/C11H14ClN/c1-8-7-9(12)3-4-10(8)11(13)5-2-6-11/h3-4,7H,2,5-6,13H2,1H3. The highest BCUT2D eigenvalue weighted by atomic mass is 35.5. The lowest BCUT2D eigenvalue weighted by Gasteiger charge is -2.39. The van der Waals surface area contributed by atoms with Crippen molar-refractivity contribution in [3.63, 3.8) is 0 Å². The van der Waals surface area contributed by atoms with Crippen LogP contribution in [-0.4, -0.2) is 0 Å². The van der Waals surface area contributed by atoms with Crippen LogP contribution in [0.15, 0.2) is 18.2 Å². The van der Waals surface area contributed by atoms with E-state index in [9.17, 15) is 0 Å². The third kappa shape index (κ3) is 1.47. The Balaban J connectivity index is 2.40. The third-order valence-electron chi connectivity index (χ3n) is 2.97. The Morgan fingerprint density at radius 1 is 1.38 bits per heavy atom. The predicted octanol–water partition coefficient (Wildman–Crippen LogP) is 2.99. The van der Waals surface area contributed by atoms with Gasteiger partial charge in [0.1, 0.15) is 0 Å². The van der Waals surface area contributed by atoms with Crippen molar-refractivity contribution < 1.29 is 0 Å². The van der Waals surface area contributed by atoms with Crippen molar-refractivity contribution in [2.75, 3.05) is 0 Å². The summed E-state index contributed by atoms with van der Waals surface area (Å²) in [6.45, 7) is 2.08. The van der Waals surface area contributed by atoms with Gasteiger partial charge in [0.25, 0.3) is 0 Å². The van der Waals surface area contributed by atoms with E-state index in [0.717, 1.165) is 17.9 Å². The van der Waals surface area contributed by atoms with E-state index in [0.29, 0.717) is 0 Å². The summed E-state index contributed by atoms with van der Waals surface area (Å²) in [6.07, 6.45) is 3.46. The predicted molar refractivity (Wildman–Crippen MR) is 55.9 cm³/mol. The molecule has 2 heteroatoms. The Morgan fingerprint density at radius 2 is 2.08 bits per heavy atom. The van der Waals surface area contributed by atoms with E-state index in [1.54, 1.807) is 0 Å². The molecule has 0 aliphatic heterocycles. The molecule has 0 heterocycles. The summed E-state index contributed by atoms with van der Waals surface area (Å²) >= 11 is 5.89. The molecule has 0 amide bonds. The minimum atomic E-state index is -0.0608. The Kier molecular flexibility index (Phi) is 2.09. The molecule has 0 aromatic heterocycles. The van der Waals surface area contributed by atoms with Gasteiger partial charge in [-0.05, 0) is 49.4 Å². The first-order valence-electron chi connectivity index (χ1n) is 4.67. The Labute approximate surface area is 83.9 Å². The summed E-state index contributed by atoms with van der Waals surface area (Å²) in [5.74, 6) is 0. The highest BCUT2D eigenvalue weighted by Crippen LogP contribution is 2.40. The molecule has 0 spiro atoms. The summed E-state index contributed by atoms with van der Waals surface area (Å²) in [7, 11) is 0. The van der Waals surface area contributed by atoms with Crippen LogP contribution < -0.4 is 5.73 Å². The molecule has 0 saturated heterocycles. The molecule has 0 bridgehead atoms. The van der Waals surface area contributed by atoms with E-state index in [2.05, 4.69) is 13.0 Å². The number of halogens is 1. The summed E-state index contributed by atoms with van der Waals surface area (Å²) in [6, 6.07) is 5.98. The van der Waals surface area contributed by atoms with E-state index in [-0.39, 0.29) is 5.54 Å². The van der Waals surface area contributed by atoms with Crippen molar-refractivity contribution in [3.05, 3.63) is 34.3 Å². The van der Waals surface area contributed by atoms with Crippen molar-refractivity contribution in [3.8, 4) is 0 Å². The molecule has 0 unspecified atom stereocenters. The van der Waals surface area contributed by atoms with Gasteiger partial charge in [-0.2, -0.15) is 0 Å². The van der Waals surface area contributed by atoms with Gasteiger partial charge >= 0.3 is 0 Å². The molecule has 1 aromatic rings. The molecule has 0 radical (unpaired) electrons. The van der Waals surface area contributed by atoms with Gasteiger partial charge in [-0.15, -0.1) is 0 Å². The van der Waals surface area contributed by atoms with Crippen molar-refractivity contribution in [1.82, 2.24) is 0 Å². The van der Waals surface area contributed by atoms with E-state index in [1.807, 2.05) is 12.1 Å². The second-order valence-corrected chi connectivity index (χ2v) is 4.41. The lowest BCUT2D eigenvalue weighted by atomic mass is 9.71. The number of hydrogen-bond acceptors (Lipinski definition) is 1. The molecular weight excluding hydrogens is 182 g/mol. The van der Waals surface area contributed by atoms with Crippen molar-refractivity contribution >= 4 is 11.6 Å². The Hall–Kier alpha value is -0.530.